The van der Waals surface area contributed by atoms with Crippen LogP contribution in [0.1, 0.15) is 0 Å². The standard InChI is InChI=1S/C16H22F15N3Si/c1-33(2)11(34(3)4)32-35(5,6)10(21)13(24,25)15(28,29)16(30,31)14(26,27)12(22,23)8(18)7(17)9(19)20/h7-10H,1-6H3. The summed E-state index contributed by atoms with van der Waals surface area (Å²) in [7, 11) is 0.0388. The fourth-order valence-electron chi connectivity index (χ4n) is 2.63. The summed E-state index contributed by atoms with van der Waals surface area (Å²) < 4.78 is 208. The predicted molar refractivity (Wildman–Crippen MR) is 97.7 cm³/mol. The van der Waals surface area contributed by atoms with Crippen LogP contribution in [0, 0.1) is 0 Å². The van der Waals surface area contributed by atoms with Crippen molar-refractivity contribution in [1.82, 2.24) is 9.80 Å². The molecule has 0 aromatic rings. The molecule has 0 N–H and O–H groups in total. The predicted octanol–water partition coefficient (Wildman–Crippen LogP) is 5.67. The Morgan fingerprint density at radius 3 is 1.29 bits per heavy atom. The second-order valence-electron chi connectivity index (χ2n) is 8.37. The van der Waals surface area contributed by atoms with Gasteiger partial charge in [0, 0.05) is 28.2 Å². The molecule has 0 bridgehead atoms. The Kier molecular flexibility index (Phi) is 9.62. The summed E-state index contributed by atoms with van der Waals surface area (Å²) >= 11 is 0. The van der Waals surface area contributed by atoms with Gasteiger partial charge in [0.25, 0.3) is 6.43 Å². The Hall–Kier alpha value is -1.56. The molecule has 0 spiro atoms. The van der Waals surface area contributed by atoms with Crippen molar-refractivity contribution in [3.8, 4) is 0 Å². The van der Waals surface area contributed by atoms with Gasteiger partial charge in [-0.15, -0.1) is 0 Å². The van der Waals surface area contributed by atoms with Crippen molar-refractivity contribution < 1.29 is 65.9 Å². The number of rotatable bonds is 10. The van der Waals surface area contributed by atoms with Crippen LogP contribution in [0.4, 0.5) is 65.9 Å². The molecule has 0 rings (SSSR count). The molecule has 0 saturated heterocycles. The molecule has 0 saturated carbocycles. The van der Waals surface area contributed by atoms with Crippen molar-refractivity contribution in [3.63, 3.8) is 0 Å². The molecular weight excluding hydrogens is 547 g/mol. The lowest BCUT2D eigenvalue weighted by molar-refractivity contribution is -0.412. The molecule has 0 aromatic carbocycles. The monoisotopic (exact) mass is 569 g/mol. The van der Waals surface area contributed by atoms with Gasteiger partial charge in [0.15, 0.2) is 17.9 Å². The van der Waals surface area contributed by atoms with Gasteiger partial charge in [-0.3, -0.25) is 4.66 Å². The third-order valence-corrected chi connectivity index (χ3v) is 7.00. The summed E-state index contributed by atoms with van der Waals surface area (Å²) in [6.07, 6.45) is -15.2. The molecule has 0 aliphatic rings. The molecule has 0 radical (unpaired) electrons. The van der Waals surface area contributed by atoms with E-state index in [1.54, 1.807) is 0 Å². The van der Waals surface area contributed by atoms with Crippen molar-refractivity contribution in [2.75, 3.05) is 28.2 Å². The van der Waals surface area contributed by atoms with Crippen molar-refractivity contribution in [2.24, 2.45) is 4.66 Å². The highest BCUT2D eigenvalue weighted by Gasteiger charge is 2.89. The largest absolute Gasteiger partial charge is 0.384 e. The Bertz CT molecular complexity index is 744. The maximum Gasteiger partial charge on any atom is 0.384 e. The zero-order chi connectivity index (χ0) is 28.7. The van der Waals surface area contributed by atoms with Gasteiger partial charge < -0.3 is 9.80 Å². The SMILES string of the molecule is CN(C)C(=N[Si](C)(C)C(F)C(F)(F)C(F)(F)C(F)(F)C(F)(F)C(F)(F)C(F)C(F)C(F)F)N(C)C. The second-order valence-corrected chi connectivity index (χ2v) is 12.4. The molecule has 3 nitrogen and oxygen atoms in total. The van der Waals surface area contributed by atoms with Gasteiger partial charge in [-0.2, -0.15) is 43.9 Å². The lowest BCUT2D eigenvalue weighted by atomic mass is 9.91. The normalized spacial score (nSPS) is 17.2. The molecule has 3 unspecified atom stereocenters. The molecule has 0 fully saturated rings. The maximum atomic E-state index is 14.6. The van der Waals surface area contributed by atoms with Crippen LogP contribution in [0.15, 0.2) is 4.66 Å². The van der Waals surface area contributed by atoms with E-state index in [1.165, 1.54) is 28.2 Å². The third-order valence-electron chi connectivity index (χ3n) is 4.62. The summed E-state index contributed by atoms with van der Waals surface area (Å²) in [5, 5.41) is 0. The smallest absolute Gasteiger partial charge is 0.350 e. The molecule has 0 aromatic heterocycles. The second kappa shape index (κ2) is 10.1. The Labute approximate surface area is 191 Å². The first kappa shape index (κ1) is 33.4. The first-order chi connectivity index (χ1) is 15.2. The lowest BCUT2D eigenvalue weighted by Gasteiger charge is -2.42. The lowest BCUT2D eigenvalue weighted by Crippen LogP contribution is -2.72. The maximum absolute atomic E-state index is 14.6. The van der Waals surface area contributed by atoms with E-state index in [0.717, 1.165) is 9.80 Å². The van der Waals surface area contributed by atoms with Crippen molar-refractivity contribution in [3.05, 3.63) is 0 Å². The van der Waals surface area contributed by atoms with Gasteiger partial charge >= 0.3 is 29.6 Å². The fraction of sp³-hybridized carbons (Fsp3) is 0.938. The summed E-state index contributed by atoms with van der Waals surface area (Å²) in [6, 6.07) is 0. The van der Waals surface area contributed by atoms with Crippen molar-refractivity contribution in [1.29, 1.82) is 0 Å². The van der Waals surface area contributed by atoms with E-state index in [9.17, 15) is 65.9 Å². The highest BCUT2D eigenvalue weighted by Crippen LogP contribution is 2.59. The molecule has 0 amide bonds. The van der Waals surface area contributed by atoms with Gasteiger partial charge in [-0.25, -0.2) is 22.0 Å². The van der Waals surface area contributed by atoms with E-state index in [0.29, 0.717) is 13.1 Å². The number of hydrogen-bond donors (Lipinski definition) is 0. The molecule has 0 heterocycles. The molecule has 19 heteroatoms. The minimum Gasteiger partial charge on any atom is -0.350 e. The van der Waals surface area contributed by atoms with E-state index < -0.39 is 62.4 Å². The number of nitrogens with zero attached hydrogens (tertiary/aromatic N) is 3. The zero-order valence-corrected chi connectivity index (χ0v) is 19.8. The quantitative estimate of drug-likeness (QED) is 0.146. The minimum atomic E-state index is -7.97. The molecular formula is C16H22F15N3Si. The molecule has 3 atom stereocenters. The average molecular weight is 569 g/mol. The van der Waals surface area contributed by atoms with Crippen LogP contribution < -0.4 is 0 Å². The van der Waals surface area contributed by atoms with Gasteiger partial charge in [-0.05, 0) is 13.1 Å². The Balaban J connectivity index is 6.67. The van der Waals surface area contributed by atoms with Crippen LogP contribution in [-0.4, -0.2) is 106 Å². The van der Waals surface area contributed by atoms with Crippen LogP contribution in [0.25, 0.3) is 0 Å². The third kappa shape index (κ3) is 5.57. The topological polar surface area (TPSA) is 18.8 Å². The number of alkyl halides is 15. The number of halogens is 15. The van der Waals surface area contributed by atoms with E-state index in [4.69, 9.17) is 0 Å². The van der Waals surface area contributed by atoms with Gasteiger partial charge in [0.1, 0.15) is 0 Å². The fourth-order valence-corrected chi connectivity index (χ4v) is 4.73. The van der Waals surface area contributed by atoms with Gasteiger partial charge in [0.05, 0.1) is 0 Å². The molecule has 35 heavy (non-hydrogen) atoms. The van der Waals surface area contributed by atoms with E-state index in [-0.39, 0.29) is 5.96 Å². The highest BCUT2D eigenvalue weighted by atomic mass is 28.3. The Morgan fingerprint density at radius 2 is 0.971 bits per heavy atom. The number of hydrogen-bond acceptors (Lipinski definition) is 1. The molecule has 0 aliphatic heterocycles. The van der Waals surface area contributed by atoms with E-state index in [2.05, 4.69) is 4.66 Å². The van der Waals surface area contributed by atoms with Crippen LogP contribution in [0.2, 0.25) is 13.1 Å². The molecule has 210 valence electrons. The van der Waals surface area contributed by atoms with Crippen molar-refractivity contribution >= 4 is 14.2 Å². The summed E-state index contributed by atoms with van der Waals surface area (Å²) in [5.41, 5.74) is 0. The summed E-state index contributed by atoms with van der Waals surface area (Å²) in [5.74, 6) is -42.5. The van der Waals surface area contributed by atoms with Crippen LogP contribution in [0.3, 0.4) is 0 Å². The van der Waals surface area contributed by atoms with Gasteiger partial charge in [0.2, 0.25) is 14.4 Å². The van der Waals surface area contributed by atoms with E-state index >= 15 is 0 Å². The van der Waals surface area contributed by atoms with E-state index in [1.807, 2.05) is 0 Å². The average Bonchev–Trinajstić information content (AvgIpc) is 2.68. The van der Waals surface area contributed by atoms with Crippen LogP contribution in [0.5, 0.6) is 0 Å². The van der Waals surface area contributed by atoms with Crippen molar-refractivity contribution in [2.45, 2.75) is 67.3 Å². The summed E-state index contributed by atoms with van der Waals surface area (Å²) in [6.45, 7) is 0.987. The van der Waals surface area contributed by atoms with Crippen LogP contribution >= 0.6 is 0 Å². The van der Waals surface area contributed by atoms with Crippen LogP contribution in [-0.2, 0) is 0 Å². The van der Waals surface area contributed by atoms with Gasteiger partial charge in [-0.1, -0.05) is 0 Å². The number of guanidine groups is 1. The summed E-state index contributed by atoms with van der Waals surface area (Å²) in [4.78, 5) is 2.11. The zero-order valence-electron chi connectivity index (χ0n) is 18.8. The first-order valence-electron chi connectivity index (χ1n) is 9.20. The Morgan fingerprint density at radius 1 is 0.629 bits per heavy atom. The minimum absolute atomic E-state index is 0.353. The molecule has 0 aliphatic carbocycles. The first-order valence-corrected chi connectivity index (χ1v) is 12.2. The highest BCUT2D eigenvalue weighted by molar-refractivity contribution is 6.78.